The van der Waals surface area contributed by atoms with Crippen LogP contribution >= 0.6 is 0 Å². The van der Waals surface area contributed by atoms with Gasteiger partial charge in [0.1, 0.15) is 5.82 Å². The van der Waals surface area contributed by atoms with E-state index in [0.29, 0.717) is 12.2 Å². The zero-order valence-corrected chi connectivity index (χ0v) is 9.96. The smallest absolute Gasteiger partial charge is 0.308 e. The molecule has 2 fully saturated rings. The summed E-state index contributed by atoms with van der Waals surface area (Å²) in [4.78, 5) is 29.1. The predicted octanol–water partition coefficient (Wildman–Crippen LogP) is 0.191. The van der Waals surface area contributed by atoms with E-state index >= 15 is 0 Å². The Bertz CT molecular complexity index is 512. The highest BCUT2D eigenvalue weighted by atomic mass is 16.4. The van der Waals surface area contributed by atoms with Gasteiger partial charge in [-0.2, -0.15) is 0 Å². The van der Waals surface area contributed by atoms with Gasteiger partial charge in [-0.25, -0.2) is 4.98 Å². The number of aliphatic carboxylic acids is 1. The van der Waals surface area contributed by atoms with Crippen molar-refractivity contribution in [2.45, 2.75) is 38.3 Å². The van der Waals surface area contributed by atoms with E-state index in [1.165, 1.54) is 0 Å². The Kier molecular flexibility index (Phi) is 2.36. The number of aromatic nitrogens is 3. The number of amides is 1. The molecule has 0 radical (unpaired) electrons. The second-order valence-corrected chi connectivity index (χ2v) is 4.94. The molecule has 1 amide bonds. The molecular weight excluding hydrogens is 236 g/mol. The summed E-state index contributed by atoms with van der Waals surface area (Å²) < 4.78 is 0. The van der Waals surface area contributed by atoms with Gasteiger partial charge in [-0.3, -0.25) is 14.7 Å². The minimum atomic E-state index is -0.814. The summed E-state index contributed by atoms with van der Waals surface area (Å²) in [6, 6.07) is -0.166. The van der Waals surface area contributed by atoms with Crippen molar-refractivity contribution in [1.82, 2.24) is 20.1 Å². The van der Waals surface area contributed by atoms with E-state index in [9.17, 15) is 9.59 Å². The lowest BCUT2D eigenvalue weighted by Gasteiger charge is -2.21. The van der Waals surface area contributed by atoms with E-state index < -0.39 is 11.9 Å². The maximum absolute atomic E-state index is 12.3. The van der Waals surface area contributed by atoms with Crippen molar-refractivity contribution in [3.05, 3.63) is 11.6 Å². The Morgan fingerprint density at radius 3 is 2.78 bits per heavy atom. The lowest BCUT2D eigenvalue weighted by molar-refractivity contribution is -0.142. The average molecular weight is 250 g/mol. The minimum Gasteiger partial charge on any atom is -0.481 e. The first-order chi connectivity index (χ1) is 8.58. The van der Waals surface area contributed by atoms with Crippen molar-refractivity contribution >= 4 is 11.9 Å². The topological polar surface area (TPSA) is 99.2 Å². The highest BCUT2D eigenvalue weighted by molar-refractivity contribution is 5.92. The maximum Gasteiger partial charge on any atom is 0.308 e. The van der Waals surface area contributed by atoms with Gasteiger partial charge in [-0.05, 0) is 26.2 Å². The van der Waals surface area contributed by atoms with Gasteiger partial charge < -0.3 is 10.0 Å². The van der Waals surface area contributed by atoms with Crippen LogP contribution in [0.25, 0.3) is 0 Å². The van der Waals surface area contributed by atoms with Gasteiger partial charge in [0.15, 0.2) is 0 Å². The van der Waals surface area contributed by atoms with E-state index in [4.69, 9.17) is 5.11 Å². The first kappa shape index (κ1) is 11.2. The monoisotopic (exact) mass is 250 g/mol. The molecule has 2 bridgehead atoms. The molecule has 3 rings (SSSR count). The number of carboxylic acids is 1. The summed E-state index contributed by atoms with van der Waals surface area (Å²) in [5.74, 6) is -0.787. The van der Waals surface area contributed by atoms with Gasteiger partial charge in [0.25, 0.3) is 5.91 Å². The van der Waals surface area contributed by atoms with E-state index in [1.54, 1.807) is 11.8 Å². The molecule has 2 aliphatic heterocycles. The van der Waals surface area contributed by atoms with Crippen molar-refractivity contribution in [3.63, 3.8) is 0 Å². The van der Waals surface area contributed by atoms with Gasteiger partial charge >= 0.3 is 5.97 Å². The number of H-pyrrole nitrogens is 1. The number of carbonyl (C=O) groups is 2. The van der Waals surface area contributed by atoms with E-state index in [1.807, 2.05) is 0 Å². The fourth-order valence-corrected chi connectivity index (χ4v) is 3.12. The van der Waals surface area contributed by atoms with Gasteiger partial charge in [-0.15, -0.1) is 5.10 Å². The number of aromatic amines is 1. The first-order valence-corrected chi connectivity index (χ1v) is 6.02. The summed E-state index contributed by atoms with van der Waals surface area (Å²) in [5.41, 5.74) is 0. The fraction of sp³-hybridized carbons (Fsp3) is 0.636. The quantitative estimate of drug-likeness (QED) is 0.780. The summed E-state index contributed by atoms with van der Waals surface area (Å²) in [5, 5.41) is 15.6. The minimum absolute atomic E-state index is 0.0300. The van der Waals surface area contributed by atoms with E-state index in [2.05, 4.69) is 15.2 Å². The standard InChI is InChI=1S/C11H14N4O3/c1-5-12-9(14-13-5)10(16)15-6-2-3-8(15)7(4-6)11(17)18/h6-8H,2-4H2,1H3,(H,17,18)(H,12,13,14). The van der Waals surface area contributed by atoms with Crippen LogP contribution in [0.15, 0.2) is 0 Å². The van der Waals surface area contributed by atoms with Crippen LogP contribution in [-0.4, -0.2) is 49.1 Å². The molecule has 3 unspecified atom stereocenters. The fourth-order valence-electron chi connectivity index (χ4n) is 3.12. The van der Waals surface area contributed by atoms with Crippen LogP contribution in [0.1, 0.15) is 35.7 Å². The number of hydrogen-bond acceptors (Lipinski definition) is 4. The van der Waals surface area contributed by atoms with Crippen LogP contribution in [0.4, 0.5) is 0 Å². The molecule has 96 valence electrons. The summed E-state index contributed by atoms with van der Waals surface area (Å²) in [7, 11) is 0. The van der Waals surface area contributed by atoms with Gasteiger partial charge in [-0.1, -0.05) is 0 Å². The number of aryl methyl sites for hydroxylation is 1. The van der Waals surface area contributed by atoms with Crippen LogP contribution in [0.5, 0.6) is 0 Å². The Hall–Kier alpha value is -1.92. The molecule has 2 aliphatic rings. The molecule has 2 saturated heterocycles. The molecule has 3 heterocycles. The number of carbonyl (C=O) groups excluding carboxylic acids is 1. The normalized spacial score (nSPS) is 29.8. The largest absolute Gasteiger partial charge is 0.481 e. The van der Waals surface area contributed by atoms with Crippen molar-refractivity contribution in [3.8, 4) is 0 Å². The lowest BCUT2D eigenvalue weighted by Crippen LogP contribution is -2.38. The highest BCUT2D eigenvalue weighted by Crippen LogP contribution is 2.42. The Morgan fingerprint density at radius 2 is 2.22 bits per heavy atom. The molecule has 0 aliphatic carbocycles. The lowest BCUT2D eigenvalue weighted by atomic mass is 9.89. The average Bonchev–Trinajstić information content (AvgIpc) is 3.01. The molecule has 7 nitrogen and oxygen atoms in total. The number of hydrogen-bond donors (Lipinski definition) is 2. The molecule has 0 aromatic carbocycles. The van der Waals surface area contributed by atoms with Crippen LogP contribution in [0.2, 0.25) is 0 Å². The van der Waals surface area contributed by atoms with Crippen molar-refractivity contribution in [2.75, 3.05) is 0 Å². The summed E-state index contributed by atoms with van der Waals surface area (Å²) in [6.07, 6.45) is 2.19. The second kappa shape index (κ2) is 3.79. The number of nitrogens with one attached hydrogen (secondary N) is 1. The summed E-state index contributed by atoms with van der Waals surface area (Å²) in [6.45, 7) is 1.72. The third-order valence-corrected chi connectivity index (χ3v) is 3.88. The molecule has 0 spiro atoms. The van der Waals surface area contributed by atoms with Crippen LogP contribution < -0.4 is 0 Å². The molecule has 3 atom stereocenters. The molecule has 7 heteroatoms. The van der Waals surface area contributed by atoms with E-state index in [-0.39, 0.29) is 23.8 Å². The van der Waals surface area contributed by atoms with Gasteiger partial charge in [0.2, 0.25) is 5.82 Å². The Morgan fingerprint density at radius 1 is 1.44 bits per heavy atom. The first-order valence-electron chi connectivity index (χ1n) is 6.02. The third kappa shape index (κ3) is 1.50. The van der Waals surface area contributed by atoms with Crippen molar-refractivity contribution in [1.29, 1.82) is 0 Å². The SMILES string of the molecule is Cc1nc(C(=O)N2C3CCC2C(C(=O)O)C3)n[nH]1. The molecule has 2 N–H and O–H groups in total. The van der Waals surface area contributed by atoms with Crippen LogP contribution in [0.3, 0.4) is 0 Å². The predicted molar refractivity (Wildman–Crippen MR) is 59.8 cm³/mol. The molecule has 18 heavy (non-hydrogen) atoms. The van der Waals surface area contributed by atoms with Crippen molar-refractivity contribution < 1.29 is 14.7 Å². The van der Waals surface area contributed by atoms with Gasteiger partial charge in [0.05, 0.1) is 5.92 Å². The molecule has 0 saturated carbocycles. The molecule has 1 aromatic rings. The number of carboxylic acid groups (broad SMARTS) is 1. The number of fused-ring (bicyclic) bond motifs is 2. The molecular formula is C11H14N4O3. The maximum atomic E-state index is 12.3. The molecule has 1 aromatic heterocycles. The second-order valence-electron chi connectivity index (χ2n) is 4.94. The zero-order valence-electron chi connectivity index (χ0n) is 9.96. The third-order valence-electron chi connectivity index (χ3n) is 3.88. The zero-order chi connectivity index (χ0) is 12.9. The Balaban J connectivity index is 1.85. The van der Waals surface area contributed by atoms with Crippen LogP contribution in [0, 0.1) is 12.8 Å². The number of nitrogens with zero attached hydrogens (tertiary/aromatic N) is 3. The number of rotatable bonds is 2. The van der Waals surface area contributed by atoms with Gasteiger partial charge in [0, 0.05) is 12.1 Å². The summed E-state index contributed by atoms with van der Waals surface area (Å²) >= 11 is 0. The van der Waals surface area contributed by atoms with E-state index in [0.717, 1.165) is 12.8 Å². The Labute approximate surface area is 103 Å². The van der Waals surface area contributed by atoms with Crippen LogP contribution in [-0.2, 0) is 4.79 Å². The van der Waals surface area contributed by atoms with Crippen molar-refractivity contribution in [2.24, 2.45) is 5.92 Å². The highest BCUT2D eigenvalue weighted by Gasteiger charge is 2.52.